The van der Waals surface area contributed by atoms with E-state index in [9.17, 15) is 0 Å². The van der Waals surface area contributed by atoms with Crippen molar-refractivity contribution < 1.29 is 0 Å². The molecule has 1 atom stereocenters. The van der Waals surface area contributed by atoms with Gasteiger partial charge in [-0.1, -0.05) is 27.5 Å². The number of halogens is 2. The van der Waals surface area contributed by atoms with Gasteiger partial charge in [0.05, 0.1) is 4.34 Å². The lowest BCUT2D eigenvalue weighted by atomic mass is 10.4. The van der Waals surface area contributed by atoms with E-state index >= 15 is 0 Å². The average Bonchev–Trinajstić information content (AvgIpc) is 2.62. The first-order chi connectivity index (χ1) is 6.24. The molecule has 13 heavy (non-hydrogen) atoms. The largest absolute Gasteiger partial charge is 0.297 e. The maximum Gasteiger partial charge on any atom is 0.0931 e. The van der Waals surface area contributed by atoms with Crippen molar-refractivity contribution >= 4 is 38.9 Å². The zero-order chi connectivity index (χ0) is 9.26. The summed E-state index contributed by atoms with van der Waals surface area (Å²) in [5, 5.41) is 0. The number of rotatable bonds is 2. The maximum atomic E-state index is 5.87. The van der Waals surface area contributed by atoms with Gasteiger partial charge in [-0.15, -0.1) is 11.3 Å². The third kappa shape index (κ3) is 2.69. The molecule has 0 saturated carbocycles. The molecule has 0 bridgehead atoms. The van der Waals surface area contributed by atoms with Gasteiger partial charge >= 0.3 is 0 Å². The topological polar surface area (TPSA) is 3.24 Å². The highest BCUT2D eigenvalue weighted by Crippen LogP contribution is 2.25. The van der Waals surface area contributed by atoms with Crippen LogP contribution in [0.15, 0.2) is 12.1 Å². The summed E-state index contributed by atoms with van der Waals surface area (Å²) in [7, 11) is 0. The highest BCUT2D eigenvalue weighted by molar-refractivity contribution is 9.09. The summed E-state index contributed by atoms with van der Waals surface area (Å²) in [6.07, 6.45) is 1.26. The molecule has 1 aliphatic heterocycles. The van der Waals surface area contributed by atoms with E-state index in [1.165, 1.54) is 17.8 Å². The first kappa shape index (κ1) is 9.97. The molecular weight excluding hydrogens is 270 g/mol. The van der Waals surface area contributed by atoms with Gasteiger partial charge in [-0.2, -0.15) is 0 Å². The molecular formula is C9H11BrClNS. The van der Waals surface area contributed by atoms with Crippen molar-refractivity contribution in [2.45, 2.75) is 17.8 Å². The second-order valence-corrected chi connectivity index (χ2v) is 6.42. The fourth-order valence-corrected chi connectivity index (χ4v) is 3.33. The highest BCUT2D eigenvalue weighted by Gasteiger charge is 2.19. The van der Waals surface area contributed by atoms with Crippen molar-refractivity contribution in [3.05, 3.63) is 21.3 Å². The SMILES string of the molecule is Clc1ccc(CN2CCC(Br)C2)s1. The Bertz CT molecular complexity index is 289. The van der Waals surface area contributed by atoms with Gasteiger partial charge in [0.25, 0.3) is 0 Å². The normalized spacial score (nSPS) is 24.0. The van der Waals surface area contributed by atoms with Crippen LogP contribution in [0.3, 0.4) is 0 Å². The fourth-order valence-electron chi connectivity index (χ4n) is 1.59. The summed E-state index contributed by atoms with van der Waals surface area (Å²) in [6, 6.07) is 4.10. The van der Waals surface area contributed by atoms with E-state index < -0.39 is 0 Å². The Morgan fingerprint density at radius 3 is 3.00 bits per heavy atom. The lowest BCUT2D eigenvalue weighted by molar-refractivity contribution is 0.336. The summed E-state index contributed by atoms with van der Waals surface area (Å²) in [5.74, 6) is 0. The molecule has 2 rings (SSSR count). The first-order valence-electron chi connectivity index (χ1n) is 4.34. The van der Waals surface area contributed by atoms with E-state index in [-0.39, 0.29) is 0 Å². The second-order valence-electron chi connectivity index (χ2n) is 3.33. The predicted octanol–water partition coefficient (Wildman–Crippen LogP) is 3.37. The van der Waals surface area contributed by atoms with E-state index in [4.69, 9.17) is 11.6 Å². The lowest BCUT2D eigenvalue weighted by Gasteiger charge is -2.12. The van der Waals surface area contributed by atoms with Crippen molar-refractivity contribution in [3.8, 4) is 0 Å². The molecule has 0 amide bonds. The van der Waals surface area contributed by atoms with Crippen LogP contribution in [-0.2, 0) is 6.54 Å². The molecule has 1 aromatic rings. The number of alkyl halides is 1. The van der Waals surface area contributed by atoms with E-state index in [2.05, 4.69) is 26.9 Å². The monoisotopic (exact) mass is 279 g/mol. The van der Waals surface area contributed by atoms with Crippen LogP contribution in [0.2, 0.25) is 4.34 Å². The third-order valence-electron chi connectivity index (χ3n) is 2.22. The van der Waals surface area contributed by atoms with Gasteiger partial charge in [0.15, 0.2) is 0 Å². The minimum Gasteiger partial charge on any atom is -0.297 e. The van der Waals surface area contributed by atoms with Crippen molar-refractivity contribution in [2.75, 3.05) is 13.1 Å². The second kappa shape index (κ2) is 4.30. The first-order valence-corrected chi connectivity index (χ1v) is 6.46. The molecule has 72 valence electrons. The van der Waals surface area contributed by atoms with Crippen LogP contribution >= 0.6 is 38.9 Å². The molecule has 2 heterocycles. The van der Waals surface area contributed by atoms with Crippen LogP contribution < -0.4 is 0 Å². The Kier molecular flexibility index (Phi) is 3.30. The molecule has 1 fully saturated rings. The smallest absolute Gasteiger partial charge is 0.0931 e. The minimum atomic E-state index is 0.683. The van der Waals surface area contributed by atoms with Crippen LogP contribution in [0.25, 0.3) is 0 Å². The third-order valence-corrected chi connectivity index (χ3v) is 4.19. The Morgan fingerprint density at radius 1 is 1.62 bits per heavy atom. The summed E-state index contributed by atoms with van der Waals surface area (Å²) in [4.78, 5) is 4.51. The van der Waals surface area contributed by atoms with Crippen LogP contribution in [0.5, 0.6) is 0 Å². The van der Waals surface area contributed by atoms with Crippen LogP contribution in [-0.4, -0.2) is 22.8 Å². The summed E-state index contributed by atoms with van der Waals surface area (Å²) >= 11 is 11.2. The van der Waals surface area contributed by atoms with Crippen LogP contribution in [0, 0.1) is 0 Å². The average molecular weight is 281 g/mol. The van der Waals surface area contributed by atoms with E-state index in [0.29, 0.717) is 4.83 Å². The Balaban J connectivity index is 1.91. The van der Waals surface area contributed by atoms with Gasteiger partial charge in [-0.25, -0.2) is 0 Å². The van der Waals surface area contributed by atoms with Crippen LogP contribution in [0.1, 0.15) is 11.3 Å². The molecule has 0 aliphatic carbocycles. The molecule has 1 unspecified atom stereocenters. The van der Waals surface area contributed by atoms with E-state index in [0.717, 1.165) is 17.4 Å². The van der Waals surface area contributed by atoms with Crippen molar-refractivity contribution in [3.63, 3.8) is 0 Å². The summed E-state index contributed by atoms with van der Waals surface area (Å²) < 4.78 is 0.893. The number of thiophene rings is 1. The Hall–Kier alpha value is 0.430. The lowest BCUT2D eigenvalue weighted by Crippen LogP contribution is -2.19. The molecule has 1 saturated heterocycles. The van der Waals surface area contributed by atoms with Crippen LogP contribution in [0.4, 0.5) is 0 Å². The number of hydrogen-bond acceptors (Lipinski definition) is 2. The molecule has 0 spiro atoms. The van der Waals surface area contributed by atoms with Gasteiger partial charge < -0.3 is 0 Å². The van der Waals surface area contributed by atoms with E-state index in [1.807, 2.05) is 6.07 Å². The quantitative estimate of drug-likeness (QED) is 0.751. The van der Waals surface area contributed by atoms with Gasteiger partial charge in [-0.3, -0.25) is 4.90 Å². The number of likely N-dealkylation sites (tertiary alicyclic amines) is 1. The summed E-state index contributed by atoms with van der Waals surface area (Å²) in [6.45, 7) is 3.42. The fraction of sp³-hybridized carbons (Fsp3) is 0.556. The molecule has 0 N–H and O–H groups in total. The number of hydrogen-bond donors (Lipinski definition) is 0. The standard InChI is InChI=1S/C9H11BrClNS/c10-7-3-4-12(5-7)6-8-1-2-9(11)13-8/h1-2,7H,3-6H2. The Labute approximate surface area is 95.8 Å². The zero-order valence-corrected chi connectivity index (χ0v) is 10.3. The molecule has 1 nitrogen and oxygen atoms in total. The molecule has 4 heteroatoms. The maximum absolute atomic E-state index is 5.87. The molecule has 0 radical (unpaired) electrons. The Morgan fingerprint density at radius 2 is 2.46 bits per heavy atom. The zero-order valence-electron chi connectivity index (χ0n) is 7.17. The summed E-state index contributed by atoms with van der Waals surface area (Å²) in [5.41, 5.74) is 0. The van der Waals surface area contributed by atoms with Gasteiger partial charge in [0, 0.05) is 22.8 Å². The highest BCUT2D eigenvalue weighted by atomic mass is 79.9. The molecule has 1 aromatic heterocycles. The van der Waals surface area contributed by atoms with Gasteiger partial charge in [-0.05, 0) is 25.1 Å². The van der Waals surface area contributed by atoms with Crippen molar-refractivity contribution in [1.82, 2.24) is 4.90 Å². The molecule has 0 aromatic carbocycles. The van der Waals surface area contributed by atoms with Crippen molar-refractivity contribution in [2.24, 2.45) is 0 Å². The van der Waals surface area contributed by atoms with Crippen molar-refractivity contribution in [1.29, 1.82) is 0 Å². The minimum absolute atomic E-state index is 0.683. The van der Waals surface area contributed by atoms with Gasteiger partial charge in [0.2, 0.25) is 0 Å². The van der Waals surface area contributed by atoms with Gasteiger partial charge in [0.1, 0.15) is 0 Å². The predicted molar refractivity (Wildman–Crippen MR) is 61.9 cm³/mol. The molecule has 1 aliphatic rings. The number of nitrogens with zero attached hydrogens (tertiary/aromatic N) is 1. The van der Waals surface area contributed by atoms with E-state index in [1.54, 1.807) is 11.3 Å².